The minimum atomic E-state index is -0.728. The minimum Gasteiger partial charge on any atom is -0.481 e. The number of unbranched alkanes of at least 4 members (excludes halogenated alkanes) is 4. The van der Waals surface area contributed by atoms with Gasteiger partial charge in [-0.3, -0.25) is 9.59 Å². The summed E-state index contributed by atoms with van der Waals surface area (Å²) in [5, 5.41) is 11.5. The zero-order valence-corrected chi connectivity index (χ0v) is 14.1. The number of amides is 1. The lowest BCUT2D eigenvalue weighted by Gasteiger charge is -2.10. The molecular weight excluding hydrogens is 306 g/mol. The molecule has 1 aliphatic rings. The van der Waals surface area contributed by atoms with Gasteiger partial charge in [0, 0.05) is 31.1 Å². The fourth-order valence-corrected chi connectivity index (χ4v) is 2.97. The predicted octanol–water partition coefficient (Wildman–Crippen LogP) is 3.35. The summed E-state index contributed by atoms with van der Waals surface area (Å²) in [6.07, 6.45) is 5.89. The molecule has 2 N–H and O–H groups in total. The first kappa shape index (κ1) is 18.5. The molecule has 0 radical (unpaired) electrons. The Balaban J connectivity index is 1.64. The normalized spacial score (nSPS) is 16.9. The third-order valence-corrected chi connectivity index (χ3v) is 4.40. The smallest absolute Gasteiger partial charge is 0.303 e. The fourth-order valence-electron chi connectivity index (χ4n) is 2.97. The van der Waals surface area contributed by atoms with Gasteiger partial charge in [0.25, 0.3) is 5.91 Å². The summed E-state index contributed by atoms with van der Waals surface area (Å²) in [5.41, 5.74) is 1.89. The van der Waals surface area contributed by atoms with Gasteiger partial charge in [0.15, 0.2) is 0 Å². The van der Waals surface area contributed by atoms with Crippen molar-refractivity contribution in [3.05, 3.63) is 35.4 Å². The summed E-state index contributed by atoms with van der Waals surface area (Å²) in [7, 11) is 0. The molecule has 0 aromatic heterocycles. The van der Waals surface area contributed by atoms with E-state index in [1.165, 1.54) is 5.56 Å². The van der Waals surface area contributed by atoms with Gasteiger partial charge >= 0.3 is 5.97 Å². The van der Waals surface area contributed by atoms with Crippen LogP contribution in [0, 0.1) is 0 Å². The van der Waals surface area contributed by atoms with Crippen molar-refractivity contribution < 1.29 is 19.4 Å². The summed E-state index contributed by atoms with van der Waals surface area (Å²) in [6.45, 7) is 2.20. The largest absolute Gasteiger partial charge is 0.481 e. The summed E-state index contributed by atoms with van der Waals surface area (Å²) >= 11 is 0. The molecule has 1 aromatic carbocycles. The summed E-state index contributed by atoms with van der Waals surface area (Å²) < 4.78 is 5.41. The Kier molecular flexibility index (Phi) is 7.75. The standard InChI is InChI=1S/C19H27NO4/c21-18(22)9-4-2-1-3-5-11-20-19(23)16-8-6-7-15(13-16)17-10-12-24-14-17/h6-8,13,17H,1-5,9-12,14H2,(H,20,23)(H,21,22). The van der Waals surface area contributed by atoms with E-state index in [1.54, 1.807) is 0 Å². The van der Waals surface area contributed by atoms with Crippen LogP contribution < -0.4 is 5.32 Å². The Morgan fingerprint density at radius 3 is 2.71 bits per heavy atom. The van der Waals surface area contributed by atoms with Gasteiger partial charge in [0.05, 0.1) is 6.61 Å². The van der Waals surface area contributed by atoms with Crippen LogP contribution in [0.5, 0.6) is 0 Å². The molecule has 1 fully saturated rings. The number of benzene rings is 1. The van der Waals surface area contributed by atoms with Crippen LogP contribution in [0.2, 0.25) is 0 Å². The lowest BCUT2D eigenvalue weighted by molar-refractivity contribution is -0.137. The molecule has 1 unspecified atom stereocenters. The van der Waals surface area contributed by atoms with E-state index < -0.39 is 5.97 Å². The Labute approximate surface area is 143 Å². The van der Waals surface area contributed by atoms with Crippen molar-refractivity contribution >= 4 is 11.9 Å². The van der Waals surface area contributed by atoms with Crippen molar-refractivity contribution in [2.24, 2.45) is 0 Å². The van der Waals surface area contributed by atoms with Crippen molar-refractivity contribution in [1.82, 2.24) is 5.32 Å². The van der Waals surface area contributed by atoms with Gasteiger partial charge in [0.2, 0.25) is 0 Å². The molecule has 5 heteroatoms. The third kappa shape index (κ3) is 6.32. The van der Waals surface area contributed by atoms with E-state index in [0.717, 1.165) is 51.7 Å². The van der Waals surface area contributed by atoms with Crippen LogP contribution in [0.15, 0.2) is 24.3 Å². The van der Waals surface area contributed by atoms with Gasteiger partial charge in [0.1, 0.15) is 0 Å². The summed E-state index contributed by atoms with van der Waals surface area (Å²) in [6, 6.07) is 7.82. The molecule has 5 nitrogen and oxygen atoms in total. The molecular formula is C19H27NO4. The van der Waals surface area contributed by atoms with E-state index in [2.05, 4.69) is 11.4 Å². The first-order chi connectivity index (χ1) is 11.7. The number of hydrogen-bond acceptors (Lipinski definition) is 3. The molecule has 0 spiro atoms. The maximum absolute atomic E-state index is 12.2. The first-order valence-corrected chi connectivity index (χ1v) is 8.84. The maximum Gasteiger partial charge on any atom is 0.303 e. The highest BCUT2D eigenvalue weighted by molar-refractivity contribution is 5.94. The Morgan fingerprint density at radius 2 is 1.96 bits per heavy atom. The number of carboxylic acids is 1. The van der Waals surface area contributed by atoms with Crippen LogP contribution in [-0.4, -0.2) is 36.7 Å². The van der Waals surface area contributed by atoms with Crippen LogP contribution in [-0.2, 0) is 9.53 Å². The summed E-state index contributed by atoms with van der Waals surface area (Å²) in [5.74, 6) is -0.348. The highest BCUT2D eigenvalue weighted by atomic mass is 16.5. The van der Waals surface area contributed by atoms with E-state index in [1.807, 2.05) is 18.2 Å². The molecule has 2 rings (SSSR count). The van der Waals surface area contributed by atoms with Crippen LogP contribution >= 0.6 is 0 Å². The number of carbonyl (C=O) groups is 2. The average Bonchev–Trinajstić information content (AvgIpc) is 3.11. The molecule has 24 heavy (non-hydrogen) atoms. The van der Waals surface area contributed by atoms with Crippen molar-refractivity contribution in [1.29, 1.82) is 0 Å². The van der Waals surface area contributed by atoms with Gasteiger partial charge in [-0.15, -0.1) is 0 Å². The van der Waals surface area contributed by atoms with E-state index in [0.29, 0.717) is 18.0 Å². The van der Waals surface area contributed by atoms with E-state index in [9.17, 15) is 9.59 Å². The number of rotatable bonds is 10. The monoisotopic (exact) mass is 333 g/mol. The topological polar surface area (TPSA) is 75.6 Å². The Bertz CT molecular complexity index is 538. The van der Waals surface area contributed by atoms with Crippen molar-refractivity contribution in [3.63, 3.8) is 0 Å². The molecule has 1 saturated heterocycles. The van der Waals surface area contributed by atoms with Crippen LogP contribution in [0.4, 0.5) is 0 Å². The number of aliphatic carboxylic acids is 1. The van der Waals surface area contributed by atoms with Crippen molar-refractivity contribution in [3.8, 4) is 0 Å². The number of carboxylic acid groups (broad SMARTS) is 1. The quantitative estimate of drug-likeness (QED) is 0.644. The van der Waals surface area contributed by atoms with E-state index in [4.69, 9.17) is 9.84 Å². The highest BCUT2D eigenvalue weighted by Gasteiger charge is 2.18. The lowest BCUT2D eigenvalue weighted by Crippen LogP contribution is -2.24. The SMILES string of the molecule is O=C(O)CCCCCCCNC(=O)c1cccc(C2CCOC2)c1. The first-order valence-electron chi connectivity index (χ1n) is 8.84. The zero-order valence-electron chi connectivity index (χ0n) is 14.1. The maximum atomic E-state index is 12.2. The predicted molar refractivity (Wildman–Crippen MR) is 92.3 cm³/mol. The molecule has 0 saturated carbocycles. The van der Waals surface area contributed by atoms with Crippen LogP contribution in [0.25, 0.3) is 0 Å². The zero-order chi connectivity index (χ0) is 17.2. The second-order valence-electron chi connectivity index (χ2n) is 6.35. The second-order valence-corrected chi connectivity index (χ2v) is 6.35. The molecule has 1 atom stereocenters. The van der Waals surface area contributed by atoms with Gasteiger partial charge in [-0.05, 0) is 37.0 Å². The van der Waals surface area contributed by atoms with Gasteiger partial charge in [-0.2, -0.15) is 0 Å². The molecule has 1 amide bonds. The Hall–Kier alpha value is -1.88. The van der Waals surface area contributed by atoms with Gasteiger partial charge < -0.3 is 15.2 Å². The molecule has 1 heterocycles. The van der Waals surface area contributed by atoms with Crippen molar-refractivity contribution in [2.45, 2.75) is 50.9 Å². The number of ether oxygens (including phenoxy) is 1. The molecule has 1 aromatic rings. The van der Waals surface area contributed by atoms with E-state index in [-0.39, 0.29) is 12.3 Å². The van der Waals surface area contributed by atoms with Gasteiger partial charge in [-0.25, -0.2) is 0 Å². The molecule has 1 aliphatic heterocycles. The highest BCUT2D eigenvalue weighted by Crippen LogP contribution is 2.25. The van der Waals surface area contributed by atoms with Crippen LogP contribution in [0.3, 0.4) is 0 Å². The number of hydrogen-bond donors (Lipinski definition) is 2. The molecule has 132 valence electrons. The fraction of sp³-hybridized carbons (Fsp3) is 0.579. The summed E-state index contributed by atoms with van der Waals surface area (Å²) in [4.78, 5) is 22.6. The third-order valence-electron chi connectivity index (χ3n) is 4.40. The van der Waals surface area contributed by atoms with E-state index >= 15 is 0 Å². The molecule has 0 aliphatic carbocycles. The number of carbonyl (C=O) groups excluding carboxylic acids is 1. The van der Waals surface area contributed by atoms with Gasteiger partial charge in [-0.1, -0.05) is 31.4 Å². The number of nitrogens with one attached hydrogen (secondary N) is 1. The second kappa shape index (κ2) is 10.1. The van der Waals surface area contributed by atoms with Crippen LogP contribution in [0.1, 0.15) is 66.8 Å². The molecule has 0 bridgehead atoms. The average molecular weight is 333 g/mol. The Morgan fingerprint density at radius 1 is 1.17 bits per heavy atom. The lowest BCUT2D eigenvalue weighted by atomic mass is 9.96. The minimum absolute atomic E-state index is 0.0263. The van der Waals surface area contributed by atoms with Crippen molar-refractivity contribution in [2.75, 3.05) is 19.8 Å².